The van der Waals surface area contributed by atoms with E-state index in [1.54, 1.807) is 7.11 Å². The van der Waals surface area contributed by atoms with Crippen LogP contribution in [0.5, 0.6) is 5.95 Å². The van der Waals surface area contributed by atoms with Crippen molar-refractivity contribution in [1.29, 1.82) is 0 Å². The van der Waals surface area contributed by atoms with E-state index in [4.69, 9.17) is 13.6 Å². The third kappa shape index (κ3) is 0.865. The van der Waals surface area contributed by atoms with Crippen LogP contribution in [0.25, 0.3) is 22.1 Å². The van der Waals surface area contributed by atoms with Gasteiger partial charge in [0, 0.05) is 11.5 Å². The van der Waals surface area contributed by atoms with Gasteiger partial charge in [0.05, 0.1) is 12.5 Å². The molecule has 0 spiro atoms. The fourth-order valence-electron chi connectivity index (χ4n) is 1.59. The van der Waals surface area contributed by atoms with Gasteiger partial charge in [-0.25, -0.2) is 0 Å². The van der Waals surface area contributed by atoms with Gasteiger partial charge >= 0.3 is 5.78 Å². The Morgan fingerprint density at radius 3 is 2.79 bits per heavy atom. The van der Waals surface area contributed by atoms with Crippen LogP contribution in [-0.2, 0) is 0 Å². The van der Waals surface area contributed by atoms with Gasteiger partial charge in [-0.1, -0.05) is 18.2 Å². The largest absolute Gasteiger partial charge is 0.468 e. The van der Waals surface area contributed by atoms with Crippen LogP contribution in [-0.4, -0.2) is 7.11 Å². The molecule has 3 heteroatoms. The molecule has 0 bridgehead atoms. The Hall–Kier alpha value is -1.90. The average molecular weight is 188 g/mol. The van der Waals surface area contributed by atoms with Crippen LogP contribution in [0.15, 0.2) is 39.2 Å². The van der Waals surface area contributed by atoms with Gasteiger partial charge in [0.25, 0.3) is 5.95 Å². The summed E-state index contributed by atoms with van der Waals surface area (Å²) in [5, 5.41) is 2.01. The Balaban J connectivity index is 2.45. The van der Waals surface area contributed by atoms with E-state index in [1.165, 1.54) is 0 Å². The molecule has 2 aromatic heterocycles. The molecule has 0 aliphatic rings. The topological polar surface area (TPSA) is 35.5 Å². The number of furan rings is 2. The predicted molar refractivity (Wildman–Crippen MR) is 52.5 cm³/mol. The minimum Gasteiger partial charge on any atom is -0.468 e. The summed E-state index contributed by atoms with van der Waals surface area (Å²) in [6, 6.07) is 9.65. The van der Waals surface area contributed by atoms with Gasteiger partial charge in [-0.05, 0) is 6.07 Å². The molecule has 3 nitrogen and oxygen atoms in total. The fourth-order valence-corrected chi connectivity index (χ4v) is 1.59. The van der Waals surface area contributed by atoms with E-state index >= 15 is 0 Å². The van der Waals surface area contributed by atoms with Crippen molar-refractivity contribution < 1.29 is 13.6 Å². The highest BCUT2D eigenvalue weighted by molar-refractivity contribution is 6.03. The molecular weight excluding hydrogens is 180 g/mol. The van der Waals surface area contributed by atoms with Gasteiger partial charge in [-0.2, -0.15) is 0 Å². The van der Waals surface area contributed by atoms with Crippen LogP contribution in [0.4, 0.5) is 0 Å². The first kappa shape index (κ1) is 7.50. The second kappa shape index (κ2) is 2.54. The van der Waals surface area contributed by atoms with Gasteiger partial charge in [-0.15, -0.1) is 0 Å². The van der Waals surface area contributed by atoms with E-state index in [0.29, 0.717) is 11.7 Å². The summed E-state index contributed by atoms with van der Waals surface area (Å²) >= 11 is 0. The molecule has 0 saturated heterocycles. The lowest BCUT2D eigenvalue weighted by atomic mass is 10.2. The summed E-state index contributed by atoms with van der Waals surface area (Å²) in [4.78, 5) is 0. The lowest BCUT2D eigenvalue weighted by molar-refractivity contribution is 0.303. The molecule has 0 aliphatic heterocycles. The number of ether oxygens (including phenoxy) is 1. The zero-order valence-electron chi connectivity index (χ0n) is 7.61. The molecule has 2 heterocycles. The minimum atomic E-state index is 0.476. The first-order valence-electron chi connectivity index (χ1n) is 4.33. The van der Waals surface area contributed by atoms with Crippen LogP contribution in [0.2, 0.25) is 0 Å². The molecular formula is C11H8O3. The number of fused-ring (bicyclic) bond motifs is 3. The minimum absolute atomic E-state index is 0.476. The molecule has 1 aromatic carbocycles. The van der Waals surface area contributed by atoms with E-state index in [0.717, 1.165) is 16.4 Å². The van der Waals surface area contributed by atoms with Crippen LogP contribution in [0.3, 0.4) is 0 Å². The summed E-state index contributed by atoms with van der Waals surface area (Å²) in [5.74, 6) is 0.993. The van der Waals surface area contributed by atoms with Gasteiger partial charge in [-0.3, -0.25) is 0 Å². The summed E-state index contributed by atoms with van der Waals surface area (Å²) in [7, 11) is 1.57. The Morgan fingerprint density at radius 2 is 1.93 bits per heavy atom. The van der Waals surface area contributed by atoms with E-state index in [-0.39, 0.29) is 0 Å². The van der Waals surface area contributed by atoms with Crippen molar-refractivity contribution in [2.45, 2.75) is 0 Å². The van der Waals surface area contributed by atoms with Gasteiger partial charge in [0.15, 0.2) is 0 Å². The second-order valence-electron chi connectivity index (χ2n) is 3.07. The molecule has 0 N–H and O–H groups in total. The van der Waals surface area contributed by atoms with E-state index in [1.807, 2.05) is 30.3 Å². The van der Waals surface area contributed by atoms with Crippen LogP contribution in [0, 0.1) is 0 Å². The number of rotatable bonds is 1. The highest BCUT2D eigenvalue weighted by Gasteiger charge is 2.11. The fraction of sp³-hybridized carbons (Fsp3) is 0.0909. The van der Waals surface area contributed by atoms with Crippen molar-refractivity contribution in [3.8, 4) is 5.95 Å². The third-order valence-electron chi connectivity index (χ3n) is 2.26. The molecule has 3 aromatic rings. The molecule has 70 valence electrons. The maximum absolute atomic E-state index is 5.49. The highest BCUT2D eigenvalue weighted by Crippen LogP contribution is 2.33. The maximum atomic E-state index is 5.49. The second-order valence-corrected chi connectivity index (χ2v) is 3.07. The lowest BCUT2D eigenvalue weighted by Crippen LogP contribution is -1.75. The zero-order chi connectivity index (χ0) is 9.54. The molecule has 0 atom stereocenters. The molecule has 0 fully saturated rings. The summed E-state index contributed by atoms with van der Waals surface area (Å²) in [6.45, 7) is 0. The number of para-hydroxylation sites is 1. The predicted octanol–water partition coefficient (Wildman–Crippen LogP) is 3.19. The van der Waals surface area contributed by atoms with Crippen LogP contribution in [0.1, 0.15) is 0 Å². The molecule has 14 heavy (non-hydrogen) atoms. The Kier molecular flexibility index (Phi) is 1.36. The van der Waals surface area contributed by atoms with Crippen molar-refractivity contribution in [2.75, 3.05) is 7.11 Å². The lowest BCUT2D eigenvalue weighted by Gasteiger charge is -1.88. The van der Waals surface area contributed by atoms with E-state index < -0.39 is 0 Å². The molecule has 0 amide bonds. The molecule has 0 saturated carbocycles. The Labute approximate surface area is 79.9 Å². The molecule has 0 radical (unpaired) electrons. The van der Waals surface area contributed by atoms with Crippen molar-refractivity contribution in [3.05, 3.63) is 30.3 Å². The number of hydrogen-bond donors (Lipinski definition) is 0. The average Bonchev–Trinajstić information content (AvgIpc) is 2.73. The Morgan fingerprint density at radius 1 is 1.07 bits per heavy atom. The van der Waals surface area contributed by atoms with Crippen molar-refractivity contribution >= 4 is 22.1 Å². The molecule has 0 unspecified atom stereocenters. The van der Waals surface area contributed by atoms with E-state index in [9.17, 15) is 0 Å². The number of hydrogen-bond acceptors (Lipinski definition) is 3. The van der Waals surface area contributed by atoms with Crippen LogP contribution < -0.4 is 4.74 Å². The smallest absolute Gasteiger partial charge is 0.301 e. The summed E-state index contributed by atoms with van der Waals surface area (Å²) in [6.07, 6.45) is 0. The molecule has 3 rings (SSSR count). The third-order valence-corrected chi connectivity index (χ3v) is 2.26. The van der Waals surface area contributed by atoms with Gasteiger partial charge in [0.2, 0.25) is 0 Å². The highest BCUT2D eigenvalue weighted by atomic mass is 16.6. The van der Waals surface area contributed by atoms with Gasteiger partial charge in [0.1, 0.15) is 5.58 Å². The maximum Gasteiger partial charge on any atom is 0.301 e. The standard InChI is InChI=1S/C11H8O3/c1-12-10-6-8-7-4-2-3-5-9(7)13-11(8)14-10/h2-6H,1H3. The summed E-state index contributed by atoms with van der Waals surface area (Å²) in [5.41, 5.74) is 0.837. The van der Waals surface area contributed by atoms with Crippen molar-refractivity contribution in [3.63, 3.8) is 0 Å². The van der Waals surface area contributed by atoms with E-state index in [2.05, 4.69) is 0 Å². The van der Waals surface area contributed by atoms with Gasteiger partial charge < -0.3 is 13.6 Å². The first-order valence-corrected chi connectivity index (χ1v) is 4.33. The quantitative estimate of drug-likeness (QED) is 0.588. The normalized spacial score (nSPS) is 11.2. The first-order chi connectivity index (χ1) is 6.88. The van der Waals surface area contributed by atoms with Crippen LogP contribution >= 0.6 is 0 Å². The monoisotopic (exact) mass is 188 g/mol. The zero-order valence-corrected chi connectivity index (χ0v) is 7.61. The SMILES string of the molecule is COc1cc2c(o1)oc1ccccc12. The Bertz CT molecular complexity index is 589. The van der Waals surface area contributed by atoms with Crippen molar-refractivity contribution in [1.82, 2.24) is 0 Å². The molecule has 0 aliphatic carbocycles. The summed E-state index contributed by atoms with van der Waals surface area (Å²) < 4.78 is 15.8. The van der Waals surface area contributed by atoms with Crippen molar-refractivity contribution in [2.24, 2.45) is 0 Å². The number of methoxy groups -OCH3 is 1. The number of benzene rings is 1.